The first-order chi connectivity index (χ1) is 11.0. The number of fused-ring (bicyclic) bond motifs is 1. The van der Waals surface area contributed by atoms with Crippen LogP contribution in [0.2, 0.25) is 0 Å². The van der Waals surface area contributed by atoms with Crippen LogP contribution in [-0.2, 0) is 5.41 Å². The van der Waals surface area contributed by atoms with Gasteiger partial charge in [-0.3, -0.25) is 0 Å². The minimum absolute atomic E-state index is 0.0423. The van der Waals surface area contributed by atoms with Gasteiger partial charge in [-0.25, -0.2) is 0 Å². The number of hydrogen-bond acceptors (Lipinski definition) is 3. The summed E-state index contributed by atoms with van der Waals surface area (Å²) in [5, 5.41) is 20.0. The van der Waals surface area contributed by atoms with Crippen molar-refractivity contribution < 1.29 is 14.7 Å². The molecule has 24 heavy (non-hydrogen) atoms. The molecule has 2 aromatic rings. The van der Waals surface area contributed by atoms with Crippen molar-refractivity contribution in [1.82, 2.24) is 0 Å². The van der Waals surface area contributed by atoms with Crippen molar-refractivity contribution in [1.29, 1.82) is 0 Å². The molecule has 0 bridgehead atoms. The predicted molar refractivity (Wildman–Crippen MR) is 103 cm³/mol. The normalized spacial score (nSPS) is 10.7. The zero-order valence-electron chi connectivity index (χ0n) is 15.8. The Labute approximate surface area is 146 Å². The molecular weight excluding hydrogens is 299 g/mol. The first kappa shape index (κ1) is 20.3. The Balaban J connectivity index is 0.000000413. The average molecular weight is 328 g/mol. The SMILES string of the molecule is CC(C)(C)c1cc(OB(O)O)cc2ccccc12.CC(C)=C(C)C. The van der Waals surface area contributed by atoms with Crippen LogP contribution in [0.4, 0.5) is 0 Å². The highest BCUT2D eigenvalue weighted by Crippen LogP contribution is 2.33. The van der Waals surface area contributed by atoms with Gasteiger partial charge < -0.3 is 14.7 Å². The average Bonchev–Trinajstić information content (AvgIpc) is 2.45. The van der Waals surface area contributed by atoms with Crippen LogP contribution in [0.3, 0.4) is 0 Å². The second-order valence-electron chi connectivity index (χ2n) is 7.39. The smallest absolute Gasteiger partial charge is 0.512 e. The molecule has 0 saturated carbocycles. The van der Waals surface area contributed by atoms with E-state index in [2.05, 4.69) is 54.5 Å². The topological polar surface area (TPSA) is 49.7 Å². The van der Waals surface area contributed by atoms with E-state index in [-0.39, 0.29) is 5.41 Å². The molecule has 3 nitrogen and oxygen atoms in total. The van der Waals surface area contributed by atoms with E-state index in [0.29, 0.717) is 5.75 Å². The largest absolute Gasteiger partial charge is 0.707 e. The van der Waals surface area contributed by atoms with E-state index in [1.54, 1.807) is 0 Å². The lowest BCUT2D eigenvalue weighted by Crippen LogP contribution is -2.21. The summed E-state index contributed by atoms with van der Waals surface area (Å²) < 4.78 is 4.97. The fourth-order valence-corrected chi connectivity index (χ4v) is 2.09. The number of rotatable bonds is 2. The third-order valence-corrected chi connectivity index (χ3v) is 3.88. The molecule has 0 spiro atoms. The molecule has 0 heterocycles. The molecule has 0 atom stereocenters. The van der Waals surface area contributed by atoms with Crippen molar-refractivity contribution in [2.45, 2.75) is 53.9 Å². The standard InChI is InChI=1S/C14H17BO3.C6H12/c1-14(2,3)13-9-11(18-15(16)17)8-10-6-4-5-7-12(10)13;1-5(2)6(3)4/h4-9,16-17H,1-3H3;1-4H3. The Bertz CT molecular complexity index is 694. The van der Waals surface area contributed by atoms with Gasteiger partial charge in [-0.2, -0.15) is 0 Å². The van der Waals surface area contributed by atoms with Crippen LogP contribution in [0.1, 0.15) is 54.0 Å². The van der Waals surface area contributed by atoms with Crippen LogP contribution >= 0.6 is 0 Å². The van der Waals surface area contributed by atoms with E-state index >= 15 is 0 Å². The fraction of sp³-hybridized carbons (Fsp3) is 0.400. The van der Waals surface area contributed by atoms with Gasteiger partial charge in [0.2, 0.25) is 0 Å². The molecule has 0 fully saturated rings. The number of hydrogen-bond donors (Lipinski definition) is 2. The molecule has 0 aliphatic carbocycles. The van der Waals surface area contributed by atoms with Gasteiger partial charge in [0.1, 0.15) is 5.75 Å². The van der Waals surface area contributed by atoms with E-state index in [9.17, 15) is 0 Å². The van der Waals surface area contributed by atoms with Crippen molar-refractivity contribution >= 4 is 18.1 Å². The zero-order valence-corrected chi connectivity index (χ0v) is 15.8. The third kappa shape index (κ3) is 6.02. The molecule has 2 aromatic carbocycles. The van der Waals surface area contributed by atoms with Gasteiger partial charge in [0.25, 0.3) is 0 Å². The van der Waals surface area contributed by atoms with Crippen molar-refractivity contribution in [2.75, 3.05) is 0 Å². The molecule has 4 heteroatoms. The summed E-state index contributed by atoms with van der Waals surface area (Å²) in [6.07, 6.45) is 0. The quantitative estimate of drug-likeness (QED) is 0.612. The van der Waals surface area contributed by atoms with Gasteiger partial charge >= 0.3 is 7.32 Å². The van der Waals surface area contributed by atoms with Gasteiger partial charge in [0.15, 0.2) is 0 Å². The fourth-order valence-electron chi connectivity index (χ4n) is 2.09. The Morgan fingerprint density at radius 1 is 0.917 bits per heavy atom. The number of allylic oxidation sites excluding steroid dienone is 2. The summed E-state index contributed by atoms with van der Waals surface area (Å²) >= 11 is 0. The van der Waals surface area contributed by atoms with E-state index in [1.165, 1.54) is 11.1 Å². The maximum atomic E-state index is 8.90. The van der Waals surface area contributed by atoms with Crippen LogP contribution in [0.25, 0.3) is 10.8 Å². The molecule has 130 valence electrons. The highest BCUT2D eigenvalue weighted by atomic mass is 16.6. The van der Waals surface area contributed by atoms with Crippen LogP contribution in [0, 0.1) is 0 Å². The summed E-state index contributed by atoms with van der Waals surface area (Å²) in [6, 6.07) is 11.7. The van der Waals surface area contributed by atoms with Crippen molar-refractivity contribution in [3.63, 3.8) is 0 Å². The Morgan fingerprint density at radius 2 is 1.46 bits per heavy atom. The molecule has 0 amide bonds. The molecular formula is C20H29BO3. The maximum absolute atomic E-state index is 8.90. The van der Waals surface area contributed by atoms with Crippen LogP contribution in [0.5, 0.6) is 5.75 Å². The Hall–Kier alpha value is -1.78. The second kappa shape index (κ2) is 8.36. The molecule has 0 unspecified atom stereocenters. The molecule has 2 rings (SSSR count). The first-order valence-electron chi connectivity index (χ1n) is 8.19. The van der Waals surface area contributed by atoms with Gasteiger partial charge in [-0.1, -0.05) is 56.2 Å². The van der Waals surface area contributed by atoms with E-state index in [0.717, 1.165) is 16.3 Å². The minimum Gasteiger partial charge on any atom is -0.512 e. The van der Waals surface area contributed by atoms with Gasteiger partial charge in [0, 0.05) is 0 Å². The molecule has 0 radical (unpaired) electrons. The lowest BCUT2D eigenvalue weighted by Gasteiger charge is -2.22. The third-order valence-electron chi connectivity index (χ3n) is 3.88. The summed E-state index contributed by atoms with van der Waals surface area (Å²) in [6.45, 7) is 14.8. The van der Waals surface area contributed by atoms with Gasteiger partial charge in [0.05, 0.1) is 0 Å². The molecule has 0 aliphatic heterocycles. The predicted octanol–water partition coefficient (Wildman–Crippen LogP) is 4.85. The maximum Gasteiger partial charge on any atom is 0.707 e. The first-order valence-corrected chi connectivity index (χ1v) is 8.19. The van der Waals surface area contributed by atoms with Crippen LogP contribution in [-0.4, -0.2) is 17.4 Å². The number of benzene rings is 2. The summed E-state index contributed by atoms with van der Waals surface area (Å²) in [5.74, 6) is 0.466. The monoisotopic (exact) mass is 328 g/mol. The molecule has 0 aromatic heterocycles. The molecule has 0 aliphatic rings. The van der Waals surface area contributed by atoms with Crippen LogP contribution in [0.15, 0.2) is 47.5 Å². The van der Waals surface area contributed by atoms with E-state index in [1.807, 2.05) is 30.3 Å². The molecule has 0 saturated heterocycles. The minimum atomic E-state index is -1.79. The summed E-state index contributed by atoms with van der Waals surface area (Å²) in [7, 11) is -1.79. The van der Waals surface area contributed by atoms with Crippen molar-refractivity contribution in [3.05, 3.63) is 53.1 Å². The molecule has 2 N–H and O–H groups in total. The lowest BCUT2D eigenvalue weighted by molar-refractivity contribution is 0.288. The lowest BCUT2D eigenvalue weighted by atomic mass is 9.83. The summed E-state index contributed by atoms with van der Waals surface area (Å²) in [5.41, 5.74) is 3.93. The highest BCUT2D eigenvalue weighted by molar-refractivity contribution is 6.33. The van der Waals surface area contributed by atoms with Crippen molar-refractivity contribution in [2.24, 2.45) is 0 Å². The van der Waals surface area contributed by atoms with Crippen molar-refractivity contribution in [3.8, 4) is 5.75 Å². The van der Waals surface area contributed by atoms with Gasteiger partial charge in [-0.15, -0.1) is 0 Å². The van der Waals surface area contributed by atoms with Gasteiger partial charge in [-0.05, 0) is 61.6 Å². The Morgan fingerprint density at radius 3 is 1.92 bits per heavy atom. The van der Waals surface area contributed by atoms with E-state index in [4.69, 9.17) is 14.7 Å². The second-order valence-corrected chi connectivity index (χ2v) is 7.39. The summed E-state index contributed by atoms with van der Waals surface area (Å²) in [4.78, 5) is 0. The Kier molecular flexibility index (Phi) is 7.06. The van der Waals surface area contributed by atoms with Crippen LogP contribution < -0.4 is 4.65 Å². The zero-order chi connectivity index (χ0) is 18.5. The highest BCUT2D eigenvalue weighted by Gasteiger charge is 2.19. The van der Waals surface area contributed by atoms with E-state index < -0.39 is 7.32 Å².